The Bertz CT molecular complexity index is 846. The van der Waals surface area contributed by atoms with Crippen molar-refractivity contribution in [2.75, 3.05) is 0 Å². The van der Waals surface area contributed by atoms with Gasteiger partial charge in [-0.15, -0.1) is 0 Å². The van der Waals surface area contributed by atoms with Crippen LogP contribution in [0.5, 0.6) is 0 Å². The zero-order valence-corrected chi connectivity index (χ0v) is 11.3. The maximum absolute atomic E-state index is 12.2. The van der Waals surface area contributed by atoms with Crippen molar-refractivity contribution in [1.29, 1.82) is 0 Å². The molecule has 3 rings (SSSR count). The second kappa shape index (κ2) is 4.57. The number of hydrogen-bond acceptors (Lipinski definition) is 4. The minimum Gasteiger partial charge on any atom is -0.324 e. The van der Waals surface area contributed by atoms with E-state index >= 15 is 0 Å². The van der Waals surface area contributed by atoms with Crippen LogP contribution in [0.4, 0.5) is 0 Å². The van der Waals surface area contributed by atoms with E-state index in [1.807, 2.05) is 32.0 Å². The van der Waals surface area contributed by atoms with Crippen molar-refractivity contribution in [3.63, 3.8) is 0 Å². The van der Waals surface area contributed by atoms with Crippen molar-refractivity contribution in [3.8, 4) is 11.3 Å². The van der Waals surface area contributed by atoms with Crippen molar-refractivity contribution in [2.24, 2.45) is 5.73 Å². The number of nitrogens with one attached hydrogen (secondary N) is 1. The molecule has 6 nitrogen and oxygen atoms in total. The lowest BCUT2D eigenvalue weighted by molar-refractivity contribution is 0.867. The Balaban J connectivity index is 2.28. The largest absolute Gasteiger partial charge is 0.324 e. The first kappa shape index (κ1) is 12.6. The number of H-pyrrole nitrogens is 1. The van der Waals surface area contributed by atoms with Crippen molar-refractivity contribution < 1.29 is 0 Å². The highest BCUT2D eigenvalue weighted by molar-refractivity contribution is 5.65. The Morgan fingerprint density at radius 3 is 2.85 bits per heavy atom. The molecule has 0 saturated carbocycles. The highest BCUT2D eigenvalue weighted by atomic mass is 16.1. The Hall–Kier alpha value is -2.47. The molecule has 3 N–H and O–H groups in total. The maximum Gasteiger partial charge on any atom is 0.261 e. The number of aromatic amines is 1. The third kappa shape index (κ3) is 1.90. The summed E-state index contributed by atoms with van der Waals surface area (Å²) in [5, 5.41) is 6.75. The van der Waals surface area contributed by atoms with Crippen LogP contribution >= 0.6 is 0 Å². The summed E-state index contributed by atoms with van der Waals surface area (Å²) in [5.74, 6) is 0.888. The molecule has 2 aromatic heterocycles. The Morgan fingerprint density at radius 1 is 1.30 bits per heavy atom. The monoisotopic (exact) mass is 269 g/mol. The van der Waals surface area contributed by atoms with Crippen LogP contribution in [0, 0.1) is 13.8 Å². The van der Waals surface area contributed by atoms with Gasteiger partial charge < -0.3 is 5.73 Å². The van der Waals surface area contributed by atoms with Gasteiger partial charge in [0.1, 0.15) is 0 Å². The van der Waals surface area contributed by atoms with Gasteiger partial charge in [-0.05, 0) is 25.5 Å². The maximum atomic E-state index is 12.2. The standard InChI is InChI=1S/C14H15N5O/c1-8-3-4-9(2)10(5-8)11-6-13(20)19-12(7-15)17-18-14(19)16-11/h3-6H,7,15H2,1-2H3,(H,16,18). The molecule has 0 spiro atoms. The highest BCUT2D eigenvalue weighted by Gasteiger charge is 2.11. The summed E-state index contributed by atoms with van der Waals surface area (Å²) in [5.41, 5.74) is 9.17. The van der Waals surface area contributed by atoms with Gasteiger partial charge in [0.15, 0.2) is 5.82 Å². The van der Waals surface area contributed by atoms with Gasteiger partial charge in [0.25, 0.3) is 5.56 Å². The molecule has 6 heteroatoms. The lowest BCUT2D eigenvalue weighted by Gasteiger charge is -2.06. The lowest BCUT2D eigenvalue weighted by atomic mass is 10.0. The highest BCUT2D eigenvalue weighted by Crippen LogP contribution is 2.22. The van der Waals surface area contributed by atoms with Gasteiger partial charge in [-0.1, -0.05) is 17.7 Å². The number of fused-ring (bicyclic) bond motifs is 1. The zero-order valence-electron chi connectivity index (χ0n) is 11.3. The lowest BCUT2D eigenvalue weighted by Crippen LogP contribution is -2.17. The van der Waals surface area contributed by atoms with Gasteiger partial charge in [-0.2, -0.15) is 5.10 Å². The molecule has 0 atom stereocenters. The normalized spacial score (nSPS) is 11.2. The van der Waals surface area contributed by atoms with Crippen LogP contribution in [-0.2, 0) is 6.54 Å². The zero-order chi connectivity index (χ0) is 14.3. The number of rotatable bonds is 2. The van der Waals surface area contributed by atoms with Crippen LogP contribution in [0.3, 0.4) is 0 Å². The van der Waals surface area contributed by atoms with Crippen LogP contribution in [0.2, 0.25) is 0 Å². The molecule has 0 saturated heterocycles. The van der Waals surface area contributed by atoms with Gasteiger partial charge in [0.05, 0.1) is 12.2 Å². The SMILES string of the molecule is Cc1ccc(C)c(-c2cc(=O)n3c(CN)n[nH]c3n2)c1. The second-order valence-electron chi connectivity index (χ2n) is 4.80. The fraction of sp³-hybridized carbons (Fsp3) is 0.214. The summed E-state index contributed by atoms with van der Waals surface area (Å²) >= 11 is 0. The van der Waals surface area contributed by atoms with E-state index in [1.54, 1.807) is 0 Å². The predicted octanol–water partition coefficient (Wildman–Crippen LogP) is 1.16. The summed E-state index contributed by atoms with van der Waals surface area (Å²) in [6, 6.07) is 7.59. The van der Waals surface area contributed by atoms with E-state index in [1.165, 1.54) is 10.5 Å². The first-order chi connectivity index (χ1) is 9.60. The Morgan fingerprint density at radius 2 is 2.10 bits per heavy atom. The number of aromatic nitrogens is 4. The van der Waals surface area contributed by atoms with E-state index in [0.717, 1.165) is 16.7 Å². The molecule has 0 radical (unpaired) electrons. The van der Waals surface area contributed by atoms with Crippen LogP contribution in [-0.4, -0.2) is 19.6 Å². The van der Waals surface area contributed by atoms with E-state index in [-0.39, 0.29) is 12.1 Å². The number of hydrogen-bond donors (Lipinski definition) is 2. The van der Waals surface area contributed by atoms with Crippen molar-refractivity contribution in [3.05, 3.63) is 51.6 Å². The molecule has 0 bridgehead atoms. The van der Waals surface area contributed by atoms with E-state index in [2.05, 4.69) is 15.2 Å². The third-order valence-electron chi connectivity index (χ3n) is 3.31. The molecule has 20 heavy (non-hydrogen) atoms. The molecule has 0 aliphatic carbocycles. The van der Waals surface area contributed by atoms with Crippen LogP contribution < -0.4 is 11.3 Å². The summed E-state index contributed by atoms with van der Waals surface area (Å²) in [7, 11) is 0. The molecular weight excluding hydrogens is 254 g/mol. The van der Waals surface area contributed by atoms with Crippen molar-refractivity contribution in [2.45, 2.75) is 20.4 Å². The molecule has 3 aromatic rings. The Labute approximate surface area is 115 Å². The quantitative estimate of drug-likeness (QED) is 0.730. The van der Waals surface area contributed by atoms with E-state index in [9.17, 15) is 4.79 Å². The van der Waals surface area contributed by atoms with E-state index < -0.39 is 0 Å². The molecule has 2 heterocycles. The smallest absolute Gasteiger partial charge is 0.261 e. The summed E-state index contributed by atoms with van der Waals surface area (Å²) in [6.45, 7) is 4.19. The molecule has 1 aromatic carbocycles. The second-order valence-corrected chi connectivity index (χ2v) is 4.80. The predicted molar refractivity (Wildman–Crippen MR) is 76.4 cm³/mol. The van der Waals surface area contributed by atoms with Gasteiger partial charge in [-0.25, -0.2) is 14.5 Å². The average Bonchev–Trinajstić information content (AvgIpc) is 2.85. The topological polar surface area (TPSA) is 89.1 Å². The minimum atomic E-state index is -0.180. The van der Waals surface area contributed by atoms with Gasteiger partial charge in [0, 0.05) is 11.6 Å². The van der Waals surface area contributed by atoms with Gasteiger partial charge >= 0.3 is 0 Å². The number of nitrogens with two attached hydrogens (primary N) is 1. The summed E-state index contributed by atoms with van der Waals surface area (Å²) in [4.78, 5) is 16.7. The van der Waals surface area contributed by atoms with Gasteiger partial charge in [0.2, 0.25) is 5.78 Å². The molecule has 0 amide bonds. The van der Waals surface area contributed by atoms with Crippen molar-refractivity contribution >= 4 is 5.78 Å². The van der Waals surface area contributed by atoms with Crippen LogP contribution in [0.1, 0.15) is 17.0 Å². The molecule has 0 aliphatic rings. The first-order valence-corrected chi connectivity index (χ1v) is 6.35. The number of benzene rings is 1. The summed E-state index contributed by atoms with van der Waals surface area (Å²) < 4.78 is 1.40. The van der Waals surface area contributed by atoms with Gasteiger partial charge in [-0.3, -0.25) is 4.79 Å². The molecule has 102 valence electrons. The molecule has 0 fully saturated rings. The fourth-order valence-corrected chi connectivity index (χ4v) is 2.26. The third-order valence-corrected chi connectivity index (χ3v) is 3.31. The first-order valence-electron chi connectivity index (χ1n) is 6.35. The van der Waals surface area contributed by atoms with Crippen molar-refractivity contribution in [1.82, 2.24) is 19.6 Å². The average molecular weight is 269 g/mol. The fourth-order valence-electron chi connectivity index (χ4n) is 2.26. The molecule has 0 aliphatic heterocycles. The molecule has 0 unspecified atom stereocenters. The number of aryl methyl sites for hydroxylation is 2. The summed E-state index contributed by atoms with van der Waals surface area (Å²) in [6.07, 6.45) is 0. The van der Waals surface area contributed by atoms with Crippen LogP contribution in [0.25, 0.3) is 17.0 Å². The number of nitrogens with zero attached hydrogens (tertiary/aromatic N) is 3. The Kier molecular flexibility index (Phi) is 2.87. The molecular formula is C14H15N5O. The van der Waals surface area contributed by atoms with E-state index in [4.69, 9.17) is 5.73 Å². The van der Waals surface area contributed by atoms with E-state index in [0.29, 0.717) is 17.3 Å². The van der Waals surface area contributed by atoms with Crippen LogP contribution in [0.15, 0.2) is 29.1 Å². The minimum absolute atomic E-state index is 0.180.